The van der Waals surface area contributed by atoms with Gasteiger partial charge in [-0.3, -0.25) is 4.79 Å². The summed E-state index contributed by atoms with van der Waals surface area (Å²) in [4.78, 5) is 9.60. The summed E-state index contributed by atoms with van der Waals surface area (Å²) in [7, 11) is 0. The van der Waals surface area contributed by atoms with Gasteiger partial charge in [0.2, 0.25) is 6.41 Å². The molecule has 0 spiro atoms. The third kappa shape index (κ3) is 5.01. The predicted molar refractivity (Wildman–Crippen MR) is 32.3 cm³/mol. The van der Waals surface area contributed by atoms with E-state index in [1.165, 1.54) is 0 Å². The molecule has 46 valence electrons. The minimum Gasteiger partial charge on any atom is -0.390 e. The van der Waals surface area contributed by atoms with Crippen molar-refractivity contribution in [3.8, 4) is 0 Å². The molecule has 0 aromatic carbocycles. The molecule has 0 heterocycles. The van der Waals surface area contributed by atoms with Crippen molar-refractivity contribution in [3.05, 3.63) is 12.8 Å². The van der Waals surface area contributed by atoms with Gasteiger partial charge in [-0.1, -0.05) is 6.58 Å². The highest BCUT2D eigenvalue weighted by molar-refractivity contribution is 5.45. The molecule has 0 saturated heterocycles. The van der Waals surface area contributed by atoms with E-state index in [0.717, 1.165) is 6.54 Å². The Balaban J connectivity index is 2.71. The fourth-order valence-electron chi connectivity index (χ4n) is 0.305. The normalized spacial score (nSPS) is 7.50. The molecule has 8 heavy (non-hydrogen) atoms. The Morgan fingerprint density at radius 1 is 1.38 bits per heavy atom. The highest BCUT2D eigenvalue weighted by atomic mass is 16.1. The minimum absolute atomic E-state index is 0.648. The molecular formula is C5H10N2O. The SMILES string of the molecule is C=CNCCNC=O. The molecule has 0 aromatic heterocycles. The van der Waals surface area contributed by atoms with Gasteiger partial charge in [-0.25, -0.2) is 0 Å². The van der Waals surface area contributed by atoms with Crippen LogP contribution in [0.1, 0.15) is 0 Å². The lowest BCUT2D eigenvalue weighted by molar-refractivity contribution is -0.109. The smallest absolute Gasteiger partial charge is 0.207 e. The Labute approximate surface area is 48.8 Å². The van der Waals surface area contributed by atoms with Crippen LogP contribution in [0.3, 0.4) is 0 Å². The first kappa shape index (κ1) is 7.01. The molecule has 0 unspecified atom stereocenters. The Kier molecular flexibility index (Phi) is 5.27. The summed E-state index contributed by atoms with van der Waals surface area (Å²) in [6.45, 7) is 4.82. The van der Waals surface area contributed by atoms with Crippen LogP contribution in [-0.4, -0.2) is 19.5 Å². The molecule has 2 N–H and O–H groups in total. The molecule has 3 heteroatoms. The number of rotatable bonds is 5. The summed E-state index contributed by atoms with van der Waals surface area (Å²) in [5.74, 6) is 0. The zero-order valence-electron chi connectivity index (χ0n) is 4.68. The van der Waals surface area contributed by atoms with Gasteiger partial charge in [0, 0.05) is 13.1 Å². The van der Waals surface area contributed by atoms with E-state index in [1.807, 2.05) is 0 Å². The van der Waals surface area contributed by atoms with Gasteiger partial charge in [-0.2, -0.15) is 0 Å². The van der Waals surface area contributed by atoms with Gasteiger partial charge in [-0.15, -0.1) is 0 Å². The van der Waals surface area contributed by atoms with Crippen LogP contribution in [0.25, 0.3) is 0 Å². The molecule has 0 bridgehead atoms. The number of hydrogen-bond donors (Lipinski definition) is 2. The average Bonchev–Trinajstić information content (AvgIpc) is 1.81. The van der Waals surface area contributed by atoms with Crippen molar-refractivity contribution in [1.29, 1.82) is 0 Å². The summed E-state index contributed by atoms with van der Waals surface area (Å²) in [5.41, 5.74) is 0. The van der Waals surface area contributed by atoms with E-state index in [0.29, 0.717) is 13.0 Å². The van der Waals surface area contributed by atoms with Crippen molar-refractivity contribution in [1.82, 2.24) is 10.6 Å². The lowest BCUT2D eigenvalue weighted by Gasteiger charge is -1.95. The molecule has 0 aliphatic heterocycles. The van der Waals surface area contributed by atoms with Crippen molar-refractivity contribution in [2.24, 2.45) is 0 Å². The molecule has 3 nitrogen and oxygen atoms in total. The van der Waals surface area contributed by atoms with Crippen molar-refractivity contribution < 1.29 is 4.79 Å². The van der Waals surface area contributed by atoms with E-state index in [4.69, 9.17) is 0 Å². The quantitative estimate of drug-likeness (QED) is 0.372. The Bertz CT molecular complexity index is 62.8. The van der Waals surface area contributed by atoms with Crippen LogP contribution in [0.2, 0.25) is 0 Å². The highest BCUT2D eigenvalue weighted by Crippen LogP contribution is 1.53. The molecule has 0 aliphatic carbocycles. The molecule has 0 aliphatic rings. The maximum absolute atomic E-state index is 9.60. The fourth-order valence-corrected chi connectivity index (χ4v) is 0.305. The summed E-state index contributed by atoms with van der Waals surface area (Å²) >= 11 is 0. The monoisotopic (exact) mass is 114 g/mol. The largest absolute Gasteiger partial charge is 0.390 e. The molecule has 0 aromatic rings. The van der Waals surface area contributed by atoms with Crippen LogP contribution >= 0.6 is 0 Å². The fraction of sp³-hybridized carbons (Fsp3) is 0.400. The van der Waals surface area contributed by atoms with Gasteiger partial charge < -0.3 is 10.6 Å². The van der Waals surface area contributed by atoms with Gasteiger partial charge in [0.1, 0.15) is 0 Å². The lowest BCUT2D eigenvalue weighted by atomic mass is 10.6. The average molecular weight is 114 g/mol. The number of amides is 1. The van der Waals surface area contributed by atoms with Crippen LogP contribution in [0.15, 0.2) is 12.8 Å². The molecule has 0 radical (unpaired) electrons. The molecule has 1 amide bonds. The van der Waals surface area contributed by atoms with Gasteiger partial charge in [0.05, 0.1) is 0 Å². The first-order valence-electron chi connectivity index (χ1n) is 2.43. The highest BCUT2D eigenvalue weighted by Gasteiger charge is 1.75. The zero-order valence-corrected chi connectivity index (χ0v) is 4.68. The van der Waals surface area contributed by atoms with Gasteiger partial charge in [-0.05, 0) is 6.20 Å². The standard InChI is InChI=1S/C5H10N2O/c1-2-6-3-4-7-5-8/h2,5-6H,1,3-4H2,(H,7,8). The minimum atomic E-state index is 0.648. The van der Waals surface area contributed by atoms with E-state index in [9.17, 15) is 4.79 Å². The number of carbonyl (C=O) groups is 1. The Hall–Kier alpha value is -0.990. The van der Waals surface area contributed by atoms with Crippen LogP contribution in [0, 0.1) is 0 Å². The number of carbonyl (C=O) groups excluding carboxylic acids is 1. The van der Waals surface area contributed by atoms with E-state index in [2.05, 4.69) is 17.2 Å². The first-order chi connectivity index (χ1) is 3.91. The Morgan fingerprint density at radius 2 is 2.00 bits per heavy atom. The van der Waals surface area contributed by atoms with Gasteiger partial charge >= 0.3 is 0 Å². The van der Waals surface area contributed by atoms with Crippen LogP contribution < -0.4 is 10.6 Å². The van der Waals surface area contributed by atoms with E-state index < -0.39 is 0 Å². The second-order valence-electron chi connectivity index (χ2n) is 1.23. The summed E-state index contributed by atoms with van der Waals surface area (Å²) < 4.78 is 0. The van der Waals surface area contributed by atoms with Crippen molar-refractivity contribution in [2.75, 3.05) is 13.1 Å². The van der Waals surface area contributed by atoms with E-state index >= 15 is 0 Å². The molecule has 0 saturated carbocycles. The van der Waals surface area contributed by atoms with Crippen LogP contribution in [0.4, 0.5) is 0 Å². The molecule has 0 atom stereocenters. The first-order valence-corrected chi connectivity index (χ1v) is 2.43. The summed E-state index contributed by atoms with van der Waals surface area (Å²) in [5, 5.41) is 5.32. The van der Waals surface area contributed by atoms with Crippen molar-refractivity contribution in [2.45, 2.75) is 0 Å². The molecular weight excluding hydrogens is 104 g/mol. The molecule has 0 rings (SSSR count). The van der Waals surface area contributed by atoms with Crippen molar-refractivity contribution in [3.63, 3.8) is 0 Å². The summed E-state index contributed by atoms with van der Waals surface area (Å²) in [6.07, 6.45) is 2.26. The third-order valence-electron chi connectivity index (χ3n) is 0.641. The zero-order chi connectivity index (χ0) is 6.24. The maximum Gasteiger partial charge on any atom is 0.207 e. The van der Waals surface area contributed by atoms with E-state index in [1.54, 1.807) is 6.20 Å². The third-order valence-corrected chi connectivity index (χ3v) is 0.641. The molecule has 0 fully saturated rings. The van der Waals surface area contributed by atoms with Gasteiger partial charge in [0.25, 0.3) is 0 Å². The summed E-state index contributed by atoms with van der Waals surface area (Å²) in [6, 6.07) is 0. The van der Waals surface area contributed by atoms with Crippen molar-refractivity contribution >= 4 is 6.41 Å². The number of nitrogens with one attached hydrogen (secondary N) is 2. The second-order valence-corrected chi connectivity index (χ2v) is 1.23. The predicted octanol–water partition coefficient (Wildman–Crippen LogP) is -0.535. The van der Waals surface area contributed by atoms with E-state index in [-0.39, 0.29) is 0 Å². The topological polar surface area (TPSA) is 41.1 Å². The second kappa shape index (κ2) is 6.01. The van der Waals surface area contributed by atoms with Gasteiger partial charge in [0.15, 0.2) is 0 Å². The maximum atomic E-state index is 9.60. The number of hydrogen-bond acceptors (Lipinski definition) is 2. The lowest BCUT2D eigenvalue weighted by Crippen LogP contribution is -2.22. The van der Waals surface area contributed by atoms with Crippen LogP contribution in [0.5, 0.6) is 0 Å². The Morgan fingerprint density at radius 3 is 2.50 bits per heavy atom. The van der Waals surface area contributed by atoms with Crippen LogP contribution in [-0.2, 0) is 4.79 Å².